The number of nitrogens with one attached hydrogen (secondary N) is 2. The number of thioether (sulfide) groups is 1. The van der Waals surface area contributed by atoms with E-state index in [0.717, 1.165) is 11.3 Å². The number of carbonyl (C=O) groups is 2. The molecular weight excluding hydrogens is 252 g/mol. The Bertz CT molecular complexity index is 461. The van der Waals surface area contributed by atoms with Gasteiger partial charge in [0.2, 0.25) is 5.91 Å². The molecule has 0 unspecified atom stereocenters. The van der Waals surface area contributed by atoms with Gasteiger partial charge >= 0.3 is 5.97 Å². The normalized spacial score (nSPS) is 22.7. The van der Waals surface area contributed by atoms with E-state index in [0.29, 0.717) is 5.75 Å². The largest absolute Gasteiger partial charge is 0.480 e. The summed E-state index contributed by atoms with van der Waals surface area (Å²) in [4.78, 5) is 21.7. The highest BCUT2D eigenvalue weighted by atomic mass is 32.2. The Balaban J connectivity index is 2.02. The third-order valence-electron chi connectivity index (χ3n) is 2.61. The predicted molar refractivity (Wildman–Crippen MR) is 70.5 cm³/mol. The number of anilines is 1. The number of benzene rings is 1. The molecule has 0 saturated carbocycles. The van der Waals surface area contributed by atoms with Crippen molar-refractivity contribution in [3.05, 3.63) is 29.8 Å². The van der Waals surface area contributed by atoms with E-state index in [2.05, 4.69) is 10.6 Å². The van der Waals surface area contributed by atoms with Crippen LogP contribution in [0.4, 0.5) is 5.69 Å². The third kappa shape index (κ3) is 3.02. The van der Waals surface area contributed by atoms with Crippen LogP contribution in [0.3, 0.4) is 0 Å². The number of hydrogen-bond acceptors (Lipinski definition) is 4. The zero-order valence-corrected chi connectivity index (χ0v) is 10.7. The van der Waals surface area contributed by atoms with E-state index >= 15 is 0 Å². The molecule has 1 aromatic rings. The molecule has 3 N–H and O–H groups in total. The Morgan fingerprint density at radius 2 is 2.06 bits per heavy atom. The maximum atomic E-state index is 10.9. The van der Waals surface area contributed by atoms with E-state index in [1.165, 1.54) is 6.92 Å². The lowest BCUT2D eigenvalue weighted by atomic mass is 10.2. The summed E-state index contributed by atoms with van der Waals surface area (Å²) in [5.74, 6) is -0.366. The predicted octanol–water partition coefficient (Wildman–Crippen LogP) is 1.43. The molecule has 0 aromatic heterocycles. The maximum absolute atomic E-state index is 10.9. The highest BCUT2D eigenvalue weighted by Gasteiger charge is 2.30. The van der Waals surface area contributed by atoms with Crippen molar-refractivity contribution >= 4 is 29.3 Å². The highest BCUT2D eigenvalue weighted by Crippen LogP contribution is 2.33. The van der Waals surface area contributed by atoms with Gasteiger partial charge < -0.3 is 10.4 Å². The molecular formula is C12H14N2O3S. The second-order valence-electron chi connectivity index (χ2n) is 4.07. The number of carboxylic acid groups (broad SMARTS) is 1. The Morgan fingerprint density at radius 3 is 2.56 bits per heavy atom. The summed E-state index contributed by atoms with van der Waals surface area (Å²) in [6.07, 6.45) is 0. The van der Waals surface area contributed by atoms with Gasteiger partial charge in [0.25, 0.3) is 0 Å². The first kappa shape index (κ1) is 12.9. The van der Waals surface area contributed by atoms with Crippen molar-refractivity contribution in [2.24, 2.45) is 0 Å². The van der Waals surface area contributed by atoms with Crippen LogP contribution in [0.25, 0.3) is 0 Å². The molecule has 5 nitrogen and oxygen atoms in total. The zero-order chi connectivity index (χ0) is 13.1. The average Bonchev–Trinajstić information content (AvgIpc) is 2.78. The Labute approximate surface area is 109 Å². The highest BCUT2D eigenvalue weighted by molar-refractivity contribution is 7.99. The first-order valence-electron chi connectivity index (χ1n) is 5.54. The fourth-order valence-electron chi connectivity index (χ4n) is 1.75. The number of carboxylic acids is 1. The lowest BCUT2D eigenvalue weighted by Gasteiger charge is -2.12. The first-order valence-corrected chi connectivity index (χ1v) is 6.59. The molecule has 1 saturated heterocycles. The van der Waals surface area contributed by atoms with Crippen LogP contribution in [-0.2, 0) is 9.59 Å². The molecule has 1 aliphatic heterocycles. The van der Waals surface area contributed by atoms with Gasteiger partial charge in [-0.05, 0) is 17.7 Å². The van der Waals surface area contributed by atoms with Crippen molar-refractivity contribution in [2.45, 2.75) is 18.3 Å². The van der Waals surface area contributed by atoms with Crippen molar-refractivity contribution in [3.63, 3.8) is 0 Å². The summed E-state index contributed by atoms with van der Waals surface area (Å²) in [5, 5.41) is 14.6. The molecule has 2 atom stereocenters. The molecule has 1 heterocycles. The average molecular weight is 266 g/mol. The minimum Gasteiger partial charge on any atom is -0.480 e. The summed E-state index contributed by atoms with van der Waals surface area (Å²) in [5.41, 5.74) is 1.75. The molecule has 1 fully saturated rings. The number of amides is 1. The van der Waals surface area contributed by atoms with Crippen LogP contribution in [-0.4, -0.2) is 28.8 Å². The molecule has 0 spiro atoms. The van der Waals surface area contributed by atoms with Gasteiger partial charge in [0.15, 0.2) is 0 Å². The molecule has 1 aliphatic rings. The van der Waals surface area contributed by atoms with Crippen LogP contribution in [0, 0.1) is 0 Å². The summed E-state index contributed by atoms with van der Waals surface area (Å²) in [6.45, 7) is 1.46. The molecule has 6 heteroatoms. The Kier molecular flexibility index (Phi) is 3.88. The number of carbonyl (C=O) groups excluding carboxylic acids is 1. The molecule has 0 bridgehead atoms. The van der Waals surface area contributed by atoms with Gasteiger partial charge in [-0.25, -0.2) is 0 Å². The number of hydrogen-bond donors (Lipinski definition) is 3. The topological polar surface area (TPSA) is 78.4 Å². The first-order chi connectivity index (χ1) is 8.56. The quantitative estimate of drug-likeness (QED) is 0.771. The van der Waals surface area contributed by atoms with Gasteiger partial charge in [-0.2, -0.15) is 0 Å². The molecule has 18 heavy (non-hydrogen) atoms. The summed E-state index contributed by atoms with van der Waals surface area (Å²) in [6, 6.07) is 6.91. The van der Waals surface area contributed by atoms with Gasteiger partial charge in [0, 0.05) is 18.4 Å². The van der Waals surface area contributed by atoms with Gasteiger partial charge in [-0.15, -0.1) is 11.8 Å². The number of aliphatic carboxylic acids is 1. The Hall–Kier alpha value is -1.53. The Morgan fingerprint density at radius 1 is 1.39 bits per heavy atom. The monoisotopic (exact) mass is 266 g/mol. The fraction of sp³-hybridized carbons (Fsp3) is 0.333. The van der Waals surface area contributed by atoms with Crippen LogP contribution in [0.2, 0.25) is 0 Å². The van der Waals surface area contributed by atoms with E-state index in [-0.39, 0.29) is 11.3 Å². The van der Waals surface area contributed by atoms with Crippen LogP contribution in [0.5, 0.6) is 0 Å². The van der Waals surface area contributed by atoms with Gasteiger partial charge in [0.1, 0.15) is 6.04 Å². The SMILES string of the molecule is CC(=O)Nc1ccc([C@H]2N[C@H](C(=O)O)CS2)cc1. The second kappa shape index (κ2) is 5.41. The third-order valence-corrected chi connectivity index (χ3v) is 3.88. The number of rotatable bonds is 3. The smallest absolute Gasteiger partial charge is 0.321 e. The summed E-state index contributed by atoms with van der Waals surface area (Å²) >= 11 is 1.57. The van der Waals surface area contributed by atoms with Crippen molar-refractivity contribution in [1.29, 1.82) is 0 Å². The summed E-state index contributed by atoms with van der Waals surface area (Å²) < 4.78 is 0. The molecule has 1 aromatic carbocycles. The molecule has 0 radical (unpaired) electrons. The molecule has 2 rings (SSSR count). The van der Waals surface area contributed by atoms with E-state index in [4.69, 9.17) is 5.11 Å². The van der Waals surface area contributed by atoms with Crippen molar-refractivity contribution in [1.82, 2.24) is 5.32 Å². The molecule has 0 aliphatic carbocycles. The molecule has 1 amide bonds. The van der Waals surface area contributed by atoms with Crippen LogP contribution >= 0.6 is 11.8 Å². The standard InChI is InChI=1S/C12H14N2O3S/c1-7(15)13-9-4-2-8(3-5-9)11-14-10(6-18-11)12(16)17/h2-5,10-11,14H,6H2,1H3,(H,13,15)(H,16,17)/t10-,11-/m0/s1. The van der Waals surface area contributed by atoms with Crippen molar-refractivity contribution < 1.29 is 14.7 Å². The van der Waals surface area contributed by atoms with Crippen molar-refractivity contribution in [3.8, 4) is 0 Å². The summed E-state index contributed by atoms with van der Waals surface area (Å²) in [7, 11) is 0. The molecule has 96 valence electrons. The van der Waals surface area contributed by atoms with Crippen molar-refractivity contribution in [2.75, 3.05) is 11.1 Å². The van der Waals surface area contributed by atoms with Gasteiger partial charge in [0.05, 0.1) is 5.37 Å². The second-order valence-corrected chi connectivity index (χ2v) is 5.21. The maximum Gasteiger partial charge on any atom is 0.321 e. The van der Waals surface area contributed by atoms with Crippen LogP contribution < -0.4 is 10.6 Å². The van der Waals surface area contributed by atoms with E-state index in [9.17, 15) is 9.59 Å². The van der Waals surface area contributed by atoms with Crippen LogP contribution in [0.15, 0.2) is 24.3 Å². The van der Waals surface area contributed by atoms with E-state index in [1.54, 1.807) is 11.8 Å². The fourth-order valence-corrected chi connectivity index (χ4v) is 2.98. The van der Waals surface area contributed by atoms with Gasteiger partial charge in [-0.3, -0.25) is 14.9 Å². The van der Waals surface area contributed by atoms with E-state index < -0.39 is 12.0 Å². The lowest BCUT2D eigenvalue weighted by molar-refractivity contribution is -0.138. The van der Waals surface area contributed by atoms with Gasteiger partial charge in [-0.1, -0.05) is 12.1 Å². The van der Waals surface area contributed by atoms with E-state index in [1.807, 2.05) is 24.3 Å². The minimum absolute atomic E-state index is 0.00234. The van der Waals surface area contributed by atoms with Crippen LogP contribution in [0.1, 0.15) is 17.9 Å². The lowest BCUT2D eigenvalue weighted by Crippen LogP contribution is -2.33. The zero-order valence-electron chi connectivity index (χ0n) is 9.84. The minimum atomic E-state index is -0.820.